The first-order valence-electron chi connectivity index (χ1n) is 6.74. The first kappa shape index (κ1) is 13.7. The molecule has 1 heterocycles. The highest BCUT2D eigenvalue weighted by Gasteiger charge is 2.09. The van der Waals surface area contributed by atoms with Crippen LogP contribution in [-0.2, 0) is 11.2 Å². The molecule has 3 nitrogen and oxygen atoms in total. The van der Waals surface area contributed by atoms with Crippen LogP contribution in [0.15, 0.2) is 48.7 Å². The Balaban J connectivity index is 1.75. The summed E-state index contributed by atoms with van der Waals surface area (Å²) in [6.07, 6.45) is 2.19. The van der Waals surface area contributed by atoms with Gasteiger partial charge in [0.05, 0.1) is 6.42 Å². The van der Waals surface area contributed by atoms with Gasteiger partial charge in [-0.3, -0.25) is 4.79 Å². The highest BCUT2D eigenvalue weighted by Crippen LogP contribution is 2.22. The Labute approximate surface area is 127 Å². The summed E-state index contributed by atoms with van der Waals surface area (Å²) in [5, 5.41) is 4.61. The van der Waals surface area contributed by atoms with Crippen molar-refractivity contribution in [3.05, 3.63) is 64.8 Å². The number of hydrogen-bond acceptors (Lipinski definition) is 1. The molecule has 1 amide bonds. The van der Waals surface area contributed by atoms with Crippen LogP contribution in [-0.4, -0.2) is 10.9 Å². The van der Waals surface area contributed by atoms with Gasteiger partial charge < -0.3 is 10.3 Å². The Kier molecular flexibility index (Phi) is 3.67. The molecule has 0 radical (unpaired) electrons. The van der Waals surface area contributed by atoms with Crippen LogP contribution in [0.5, 0.6) is 0 Å². The van der Waals surface area contributed by atoms with Crippen molar-refractivity contribution in [1.29, 1.82) is 0 Å². The van der Waals surface area contributed by atoms with E-state index in [0.29, 0.717) is 11.4 Å². The molecule has 0 aliphatic heterocycles. The molecule has 0 unspecified atom stereocenters. The number of aromatic amines is 1. The zero-order valence-electron chi connectivity index (χ0n) is 11.6. The summed E-state index contributed by atoms with van der Waals surface area (Å²) in [6.45, 7) is 2.02. The highest BCUT2D eigenvalue weighted by molar-refractivity contribution is 6.31. The van der Waals surface area contributed by atoms with E-state index in [-0.39, 0.29) is 5.91 Å². The van der Waals surface area contributed by atoms with Crippen LogP contribution in [0.2, 0.25) is 5.02 Å². The number of nitrogens with one attached hydrogen (secondary N) is 2. The van der Waals surface area contributed by atoms with Gasteiger partial charge >= 0.3 is 0 Å². The molecule has 3 aromatic rings. The van der Waals surface area contributed by atoms with Crippen molar-refractivity contribution in [1.82, 2.24) is 4.98 Å². The molecular weight excluding hydrogens is 284 g/mol. The van der Waals surface area contributed by atoms with Gasteiger partial charge in [-0.05, 0) is 36.8 Å². The van der Waals surface area contributed by atoms with E-state index >= 15 is 0 Å². The third-order valence-electron chi connectivity index (χ3n) is 3.42. The summed E-state index contributed by atoms with van der Waals surface area (Å²) in [7, 11) is 0. The standard InChI is InChI=1S/C17H15ClN2O/c1-11-2-5-14(6-3-11)20-17(21)8-12-10-19-16-9-13(18)4-7-15(12)16/h2-7,9-10,19H,8H2,1H3,(H,20,21). The molecule has 1 aromatic heterocycles. The Morgan fingerprint density at radius 2 is 1.95 bits per heavy atom. The van der Waals surface area contributed by atoms with E-state index in [4.69, 9.17) is 11.6 Å². The van der Waals surface area contributed by atoms with Gasteiger partial charge in [0.25, 0.3) is 0 Å². The van der Waals surface area contributed by atoms with Gasteiger partial charge in [-0.25, -0.2) is 0 Å². The van der Waals surface area contributed by atoms with Crippen LogP contribution in [0.1, 0.15) is 11.1 Å². The van der Waals surface area contributed by atoms with E-state index in [2.05, 4.69) is 10.3 Å². The SMILES string of the molecule is Cc1ccc(NC(=O)Cc2c[nH]c3cc(Cl)ccc23)cc1. The minimum Gasteiger partial charge on any atom is -0.361 e. The number of fused-ring (bicyclic) bond motifs is 1. The number of benzene rings is 2. The number of carbonyl (C=O) groups is 1. The van der Waals surface area contributed by atoms with Crippen molar-refractivity contribution in [2.75, 3.05) is 5.32 Å². The maximum atomic E-state index is 12.1. The molecule has 3 rings (SSSR count). The number of hydrogen-bond donors (Lipinski definition) is 2. The first-order chi connectivity index (χ1) is 10.1. The number of H-pyrrole nitrogens is 1. The number of carbonyl (C=O) groups excluding carboxylic acids is 1. The fraction of sp³-hybridized carbons (Fsp3) is 0.118. The number of amides is 1. The number of rotatable bonds is 3. The molecule has 2 aromatic carbocycles. The molecular formula is C17H15ClN2O. The third-order valence-corrected chi connectivity index (χ3v) is 3.65. The summed E-state index contributed by atoms with van der Waals surface area (Å²) in [6, 6.07) is 13.4. The van der Waals surface area contributed by atoms with Crippen molar-refractivity contribution < 1.29 is 4.79 Å². The fourth-order valence-corrected chi connectivity index (χ4v) is 2.49. The lowest BCUT2D eigenvalue weighted by atomic mass is 10.1. The maximum Gasteiger partial charge on any atom is 0.228 e. The van der Waals surface area contributed by atoms with E-state index < -0.39 is 0 Å². The van der Waals surface area contributed by atoms with E-state index in [1.54, 1.807) is 0 Å². The van der Waals surface area contributed by atoms with Crippen LogP contribution in [0.3, 0.4) is 0 Å². The Morgan fingerprint density at radius 3 is 2.71 bits per heavy atom. The van der Waals surface area contributed by atoms with Gasteiger partial charge in [0, 0.05) is 27.8 Å². The summed E-state index contributed by atoms with van der Waals surface area (Å²) in [4.78, 5) is 15.3. The minimum atomic E-state index is -0.0327. The molecule has 0 spiro atoms. The Morgan fingerprint density at radius 1 is 1.19 bits per heavy atom. The van der Waals surface area contributed by atoms with E-state index in [1.165, 1.54) is 5.56 Å². The molecule has 0 aliphatic rings. The molecule has 0 bridgehead atoms. The number of anilines is 1. The summed E-state index contributed by atoms with van der Waals surface area (Å²) in [5.41, 5.74) is 3.89. The van der Waals surface area contributed by atoms with Crippen LogP contribution in [0.25, 0.3) is 10.9 Å². The van der Waals surface area contributed by atoms with Crippen molar-refractivity contribution in [2.24, 2.45) is 0 Å². The van der Waals surface area contributed by atoms with Crippen LogP contribution in [0, 0.1) is 6.92 Å². The van der Waals surface area contributed by atoms with Gasteiger partial charge in [0.1, 0.15) is 0 Å². The van der Waals surface area contributed by atoms with Crippen LogP contribution in [0.4, 0.5) is 5.69 Å². The predicted molar refractivity (Wildman–Crippen MR) is 86.8 cm³/mol. The summed E-state index contributed by atoms with van der Waals surface area (Å²) in [5.74, 6) is -0.0327. The maximum absolute atomic E-state index is 12.1. The quantitative estimate of drug-likeness (QED) is 0.743. The third kappa shape index (κ3) is 3.09. The molecule has 0 fully saturated rings. The molecule has 0 atom stereocenters. The van der Waals surface area contributed by atoms with E-state index in [9.17, 15) is 4.79 Å². The molecule has 2 N–H and O–H groups in total. The lowest BCUT2D eigenvalue weighted by Gasteiger charge is -2.05. The average molecular weight is 299 g/mol. The molecule has 0 aliphatic carbocycles. The van der Waals surface area contributed by atoms with Gasteiger partial charge in [0.2, 0.25) is 5.91 Å². The molecule has 4 heteroatoms. The molecule has 0 saturated carbocycles. The second kappa shape index (κ2) is 5.62. The van der Waals surface area contributed by atoms with Crippen LogP contribution >= 0.6 is 11.6 Å². The van der Waals surface area contributed by atoms with E-state index in [1.807, 2.05) is 55.6 Å². The number of aromatic nitrogens is 1. The zero-order chi connectivity index (χ0) is 14.8. The van der Waals surface area contributed by atoms with Gasteiger partial charge in [-0.2, -0.15) is 0 Å². The highest BCUT2D eigenvalue weighted by atomic mass is 35.5. The van der Waals surface area contributed by atoms with Crippen molar-refractivity contribution in [2.45, 2.75) is 13.3 Å². The molecule has 0 saturated heterocycles. The average Bonchev–Trinajstić information content (AvgIpc) is 2.83. The summed E-state index contributed by atoms with van der Waals surface area (Å²) >= 11 is 5.95. The number of halogens is 1. The predicted octanol–water partition coefficient (Wildman–Crippen LogP) is 4.31. The smallest absolute Gasteiger partial charge is 0.228 e. The number of aryl methyl sites for hydroxylation is 1. The topological polar surface area (TPSA) is 44.9 Å². The Bertz CT molecular complexity index is 790. The van der Waals surface area contributed by atoms with E-state index in [0.717, 1.165) is 22.2 Å². The normalized spacial score (nSPS) is 10.8. The lowest BCUT2D eigenvalue weighted by Crippen LogP contribution is -2.14. The lowest BCUT2D eigenvalue weighted by molar-refractivity contribution is -0.115. The second-order valence-electron chi connectivity index (χ2n) is 5.09. The largest absolute Gasteiger partial charge is 0.361 e. The minimum absolute atomic E-state index is 0.0327. The molecule has 21 heavy (non-hydrogen) atoms. The van der Waals surface area contributed by atoms with Crippen molar-refractivity contribution in [3.8, 4) is 0 Å². The fourth-order valence-electron chi connectivity index (χ4n) is 2.32. The summed E-state index contributed by atoms with van der Waals surface area (Å²) < 4.78 is 0. The monoisotopic (exact) mass is 298 g/mol. The molecule has 106 valence electrons. The van der Waals surface area contributed by atoms with Crippen molar-refractivity contribution >= 4 is 34.1 Å². The van der Waals surface area contributed by atoms with Gasteiger partial charge in [-0.15, -0.1) is 0 Å². The zero-order valence-corrected chi connectivity index (χ0v) is 12.4. The van der Waals surface area contributed by atoms with Crippen molar-refractivity contribution in [3.63, 3.8) is 0 Å². The Hall–Kier alpha value is -2.26. The van der Waals surface area contributed by atoms with Crippen LogP contribution < -0.4 is 5.32 Å². The first-order valence-corrected chi connectivity index (χ1v) is 7.11. The second-order valence-corrected chi connectivity index (χ2v) is 5.53. The van der Waals surface area contributed by atoms with Gasteiger partial charge in [0.15, 0.2) is 0 Å². The van der Waals surface area contributed by atoms with Gasteiger partial charge in [-0.1, -0.05) is 35.4 Å².